The number of aliphatic hydroxyl groups is 7. The van der Waals surface area contributed by atoms with Crippen LogP contribution < -0.4 is 0 Å². The summed E-state index contributed by atoms with van der Waals surface area (Å²) in [5.41, 5.74) is 1.17. The van der Waals surface area contributed by atoms with E-state index in [1.165, 1.54) is 5.57 Å². The van der Waals surface area contributed by atoms with E-state index in [0.717, 1.165) is 49.7 Å². The van der Waals surface area contributed by atoms with Crippen molar-refractivity contribution in [3.8, 4) is 0 Å². The number of carbonyl (C=O) groups is 1. The second kappa shape index (κ2) is 15.4. The van der Waals surface area contributed by atoms with Crippen molar-refractivity contribution in [1.29, 1.82) is 0 Å². The van der Waals surface area contributed by atoms with Gasteiger partial charge in [-0.15, -0.1) is 0 Å². The number of hydrogen-bond acceptors (Lipinski definition) is 12. The van der Waals surface area contributed by atoms with Crippen LogP contribution in [0.15, 0.2) is 23.3 Å². The van der Waals surface area contributed by atoms with Crippen LogP contribution in [0.2, 0.25) is 0 Å². The number of aliphatic hydroxyl groups excluding tert-OH is 7. The van der Waals surface area contributed by atoms with Crippen molar-refractivity contribution in [1.82, 2.24) is 0 Å². The fourth-order valence-electron chi connectivity index (χ4n) is 12.4. The highest BCUT2D eigenvalue weighted by molar-refractivity contribution is 5.82. The molecule has 0 aromatic heterocycles. The van der Waals surface area contributed by atoms with E-state index in [1.807, 2.05) is 6.92 Å². The lowest BCUT2D eigenvalue weighted by molar-refractivity contribution is -0.365. The van der Waals surface area contributed by atoms with Crippen LogP contribution in [-0.4, -0.2) is 128 Å². The average molecular weight is 767 g/mol. The maximum atomic E-state index is 13.7. The van der Waals surface area contributed by atoms with Crippen molar-refractivity contribution in [3.63, 3.8) is 0 Å². The first-order chi connectivity index (χ1) is 25.3. The zero-order valence-electron chi connectivity index (χ0n) is 32.9. The van der Waals surface area contributed by atoms with Crippen LogP contribution in [0.3, 0.4) is 0 Å². The van der Waals surface area contributed by atoms with Gasteiger partial charge in [-0.3, -0.25) is 4.79 Å². The molecule has 13 nitrogen and oxygen atoms in total. The Morgan fingerprint density at radius 3 is 2.24 bits per heavy atom. The second-order valence-corrected chi connectivity index (χ2v) is 18.7. The molecule has 0 aromatic carbocycles. The Hall–Kier alpha value is -1.49. The summed E-state index contributed by atoms with van der Waals surface area (Å²) in [6, 6.07) is 0. The van der Waals surface area contributed by atoms with Crippen molar-refractivity contribution < 1.29 is 64.6 Å². The molecule has 54 heavy (non-hydrogen) atoms. The van der Waals surface area contributed by atoms with Crippen LogP contribution in [0.5, 0.6) is 0 Å². The van der Waals surface area contributed by atoms with Gasteiger partial charge in [-0.25, -0.2) is 0 Å². The van der Waals surface area contributed by atoms with Gasteiger partial charge in [0.15, 0.2) is 12.6 Å². The number of hydrogen-bond donors (Lipinski definition) is 8. The highest BCUT2D eigenvalue weighted by Crippen LogP contribution is 2.73. The quantitative estimate of drug-likeness (QED) is 0.142. The number of allylic oxidation sites excluding steroid dienone is 1. The average Bonchev–Trinajstić information content (AvgIpc) is 3.45. The highest BCUT2D eigenvalue weighted by Gasteiger charge is 2.68. The minimum atomic E-state index is -1.72. The molecule has 308 valence electrons. The molecule has 6 aliphatic rings. The molecule has 4 fully saturated rings. The van der Waals surface area contributed by atoms with Gasteiger partial charge in [0.05, 0.1) is 30.8 Å². The van der Waals surface area contributed by atoms with Crippen LogP contribution >= 0.6 is 0 Å². The molecular weight excluding hydrogens is 700 g/mol. The standard InChI is InChI=1S/C41H66O13/c1-20(2)25(43)10-8-21(3)22-13-17-41(37(49)50)24-9-11-28-38(4,5)29(14-15-39(28,6)23(24)12-16-40(22,41)7)53-36-34(30(45)26(44)19-51-36)54-35-33(48)32(47)31(46)27(18-42)52-35/h21-22,25-36,42-48H,1,8-19H2,2-7H3,(H,49,50)/t21-,22-,25-,26+,27-,28+,29+,30+,31+,32+,33-,34-,35+,36+,39-,40-,41+/m1/s1. The Labute approximate surface area is 319 Å². The molecule has 0 aromatic rings. The monoisotopic (exact) mass is 766 g/mol. The minimum Gasteiger partial charge on any atom is -0.481 e. The summed E-state index contributed by atoms with van der Waals surface area (Å²) >= 11 is 0. The van der Waals surface area contributed by atoms with Gasteiger partial charge in [-0.2, -0.15) is 0 Å². The summed E-state index contributed by atoms with van der Waals surface area (Å²) < 4.78 is 24.1. The molecule has 17 atom stereocenters. The molecule has 0 bridgehead atoms. The number of rotatable bonds is 11. The van der Waals surface area contributed by atoms with E-state index in [4.69, 9.17) is 18.9 Å². The third-order valence-electron chi connectivity index (χ3n) is 15.6. The third kappa shape index (κ3) is 6.64. The fraction of sp³-hybridized carbons (Fsp3) is 0.878. The third-order valence-corrected chi connectivity index (χ3v) is 15.6. The molecule has 8 N–H and O–H groups in total. The molecule has 2 aliphatic heterocycles. The zero-order chi connectivity index (χ0) is 39.7. The van der Waals surface area contributed by atoms with Gasteiger partial charge in [0.2, 0.25) is 0 Å². The number of fused-ring (bicyclic) bond motifs is 4. The summed E-state index contributed by atoms with van der Waals surface area (Å²) in [5.74, 6) is -0.0798. The first-order valence-corrected chi connectivity index (χ1v) is 20.1. The molecule has 0 spiro atoms. The molecule has 0 unspecified atom stereocenters. The van der Waals surface area contributed by atoms with Crippen molar-refractivity contribution in [3.05, 3.63) is 23.3 Å². The largest absolute Gasteiger partial charge is 0.481 e. The predicted molar refractivity (Wildman–Crippen MR) is 195 cm³/mol. The van der Waals surface area contributed by atoms with Crippen LogP contribution in [0, 0.1) is 39.4 Å². The van der Waals surface area contributed by atoms with E-state index in [2.05, 4.69) is 41.2 Å². The molecule has 2 saturated heterocycles. The maximum Gasteiger partial charge on any atom is 0.314 e. The van der Waals surface area contributed by atoms with Gasteiger partial charge in [-0.1, -0.05) is 57.9 Å². The lowest BCUT2D eigenvalue weighted by Crippen LogP contribution is -2.64. The maximum absolute atomic E-state index is 13.7. The lowest BCUT2D eigenvalue weighted by atomic mass is 9.43. The topological polar surface area (TPSA) is 216 Å². The van der Waals surface area contributed by atoms with Gasteiger partial charge < -0.3 is 59.8 Å². The first kappa shape index (κ1) is 42.1. The SMILES string of the molecule is C=C(C)[C@H](O)CC[C@@H](C)[C@H]1CC[C@@]2(C(=O)O)C3=C(CC[C@]12C)[C@@]1(C)CC[C@H](O[C@@H]2OC[C@H](O)[C@H](O)[C@H]2O[C@@H]2O[C@H](CO)[C@H](O)[C@H](O)[C@H]2O)C(C)(C)[C@@H]1CC3. The lowest BCUT2D eigenvalue weighted by Gasteiger charge is -2.62. The normalized spacial score (nSPS) is 47.3. The zero-order valence-corrected chi connectivity index (χ0v) is 32.9. The van der Waals surface area contributed by atoms with E-state index < -0.39 is 90.2 Å². The van der Waals surface area contributed by atoms with Crippen molar-refractivity contribution in [2.75, 3.05) is 13.2 Å². The van der Waals surface area contributed by atoms with E-state index >= 15 is 0 Å². The van der Waals surface area contributed by atoms with Crippen LogP contribution in [0.4, 0.5) is 0 Å². The van der Waals surface area contributed by atoms with Gasteiger partial charge in [-0.05, 0) is 105 Å². The minimum absolute atomic E-state index is 0.140. The van der Waals surface area contributed by atoms with Gasteiger partial charge in [0.25, 0.3) is 0 Å². The van der Waals surface area contributed by atoms with Crippen molar-refractivity contribution in [2.24, 2.45) is 39.4 Å². The Morgan fingerprint density at radius 1 is 0.889 bits per heavy atom. The number of ether oxygens (including phenoxy) is 4. The molecule has 2 heterocycles. The molecule has 13 heteroatoms. The molecule has 6 rings (SSSR count). The van der Waals surface area contributed by atoms with Gasteiger partial charge >= 0.3 is 5.97 Å². The summed E-state index contributed by atoms with van der Waals surface area (Å²) in [5, 5.41) is 84.2. The van der Waals surface area contributed by atoms with Gasteiger partial charge in [0, 0.05) is 0 Å². The Kier molecular flexibility index (Phi) is 12.0. The first-order valence-electron chi connectivity index (χ1n) is 20.1. The van der Waals surface area contributed by atoms with E-state index in [0.29, 0.717) is 25.7 Å². The number of carboxylic acids is 1. The second-order valence-electron chi connectivity index (χ2n) is 18.7. The number of carboxylic acid groups (broad SMARTS) is 1. The fourth-order valence-corrected chi connectivity index (χ4v) is 12.4. The van der Waals surface area contributed by atoms with Crippen molar-refractivity contribution in [2.45, 2.75) is 173 Å². The van der Waals surface area contributed by atoms with E-state index in [-0.39, 0.29) is 35.9 Å². The summed E-state index contributed by atoms with van der Waals surface area (Å²) in [6.45, 7) is 15.9. The molecule has 0 radical (unpaired) electrons. The van der Waals surface area contributed by atoms with Crippen molar-refractivity contribution >= 4 is 5.97 Å². The smallest absolute Gasteiger partial charge is 0.314 e. The Morgan fingerprint density at radius 2 is 1.59 bits per heavy atom. The van der Waals surface area contributed by atoms with E-state index in [9.17, 15) is 45.6 Å². The predicted octanol–water partition coefficient (Wildman–Crippen LogP) is 2.80. The Bertz CT molecular complexity index is 1430. The molecule has 4 aliphatic carbocycles. The van der Waals surface area contributed by atoms with Crippen LogP contribution in [0.1, 0.15) is 106 Å². The summed E-state index contributed by atoms with van der Waals surface area (Å²) in [7, 11) is 0. The van der Waals surface area contributed by atoms with E-state index in [1.54, 1.807) is 0 Å². The molecule has 2 saturated carbocycles. The summed E-state index contributed by atoms with van der Waals surface area (Å²) in [6.07, 6.45) is -6.64. The summed E-state index contributed by atoms with van der Waals surface area (Å²) in [4.78, 5) is 13.7. The number of aliphatic carboxylic acids is 1. The molecular formula is C41H66O13. The van der Waals surface area contributed by atoms with Gasteiger partial charge in [0.1, 0.15) is 42.7 Å². The van der Waals surface area contributed by atoms with Crippen LogP contribution in [0.25, 0.3) is 0 Å². The highest BCUT2D eigenvalue weighted by atomic mass is 16.8. The van der Waals surface area contributed by atoms with Crippen LogP contribution in [-0.2, 0) is 23.7 Å². The molecule has 0 amide bonds. The Balaban J connectivity index is 1.23.